The molecule has 1 N–H and O–H groups in total. The van der Waals surface area contributed by atoms with Gasteiger partial charge in [0.05, 0.1) is 0 Å². The normalized spacial score (nSPS) is 35.1. The minimum atomic E-state index is 0.0261. The molecule has 2 rings (SSSR count). The van der Waals surface area contributed by atoms with Gasteiger partial charge >= 0.3 is 0 Å². The predicted octanol–water partition coefficient (Wildman–Crippen LogP) is 5.95. The molecule has 2 saturated carbocycles. The maximum atomic E-state index is 12.5. The zero-order valence-electron chi connectivity index (χ0n) is 16.6. The first-order valence-electron chi connectivity index (χ1n) is 10.2. The van der Waals surface area contributed by atoms with E-state index in [4.69, 9.17) is 0 Å². The van der Waals surface area contributed by atoms with E-state index in [1.54, 1.807) is 0 Å². The Labute approximate surface area is 145 Å². The first-order valence-corrected chi connectivity index (χ1v) is 10.2. The Bertz CT molecular complexity index is 348. The SMILES string of the molecule is CC.CCC1CC(C)(NC(=O)CC2CCCCC2)CC(C)C1C. The monoisotopic (exact) mass is 323 g/mol. The quantitative estimate of drug-likeness (QED) is 0.680. The molecule has 0 aliphatic heterocycles. The Kier molecular flexibility index (Phi) is 8.64. The molecule has 2 nitrogen and oxygen atoms in total. The van der Waals surface area contributed by atoms with E-state index in [1.807, 2.05) is 13.8 Å². The summed E-state index contributed by atoms with van der Waals surface area (Å²) in [6, 6.07) is 0. The first kappa shape index (κ1) is 20.5. The van der Waals surface area contributed by atoms with Crippen molar-refractivity contribution in [2.75, 3.05) is 0 Å². The molecule has 0 radical (unpaired) electrons. The molecule has 0 aromatic heterocycles. The second-order valence-corrected chi connectivity index (χ2v) is 8.23. The van der Waals surface area contributed by atoms with E-state index in [9.17, 15) is 4.79 Å². The van der Waals surface area contributed by atoms with Gasteiger partial charge in [-0.1, -0.05) is 60.3 Å². The van der Waals surface area contributed by atoms with Crippen molar-refractivity contribution >= 4 is 5.91 Å². The molecule has 1 amide bonds. The summed E-state index contributed by atoms with van der Waals surface area (Å²) in [6.45, 7) is 13.3. The number of hydrogen-bond donors (Lipinski definition) is 1. The number of rotatable bonds is 4. The molecule has 0 aromatic rings. The van der Waals surface area contributed by atoms with Gasteiger partial charge < -0.3 is 5.32 Å². The van der Waals surface area contributed by atoms with Gasteiger partial charge in [0.15, 0.2) is 0 Å². The van der Waals surface area contributed by atoms with Crippen LogP contribution in [-0.2, 0) is 4.79 Å². The lowest BCUT2D eigenvalue weighted by Gasteiger charge is -2.46. The summed E-state index contributed by atoms with van der Waals surface area (Å²) in [4.78, 5) is 12.5. The van der Waals surface area contributed by atoms with E-state index in [2.05, 4.69) is 33.0 Å². The van der Waals surface area contributed by atoms with Crippen LogP contribution in [-0.4, -0.2) is 11.4 Å². The molecule has 0 bridgehead atoms. The van der Waals surface area contributed by atoms with Crippen molar-refractivity contribution in [3.05, 3.63) is 0 Å². The predicted molar refractivity (Wildman–Crippen MR) is 100 cm³/mol. The van der Waals surface area contributed by atoms with E-state index >= 15 is 0 Å². The van der Waals surface area contributed by atoms with Crippen LogP contribution in [0.2, 0.25) is 0 Å². The third-order valence-electron chi connectivity index (χ3n) is 6.29. The number of nitrogens with one attached hydrogen (secondary N) is 1. The van der Waals surface area contributed by atoms with E-state index in [-0.39, 0.29) is 5.54 Å². The van der Waals surface area contributed by atoms with Crippen LogP contribution in [0.25, 0.3) is 0 Å². The van der Waals surface area contributed by atoms with E-state index in [1.165, 1.54) is 38.5 Å². The standard InChI is InChI=1S/C19H35NO.C2H6/c1-5-17-13-19(4,12-14(2)15(17)3)20-18(21)11-16-9-7-6-8-10-16;1-2/h14-17H,5-13H2,1-4H3,(H,20,21);1-2H3. The molecule has 2 aliphatic rings. The maximum absolute atomic E-state index is 12.5. The van der Waals surface area contributed by atoms with Crippen LogP contribution in [0.5, 0.6) is 0 Å². The Hall–Kier alpha value is -0.530. The van der Waals surface area contributed by atoms with Crippen LogP contribution in [0, 0.1) is 23.7 Å². The highest BCUT2D eigenvalue weighted by molar-refractivity contribution is 5.77. The molecule has 2 aliphatic carbocycles. The zero-order valence-corrected chi connectivity index (χ0v) is 16.6. The van der Waals surface area contributed by atoms with Crippen LogP contribution in [0.3, 0.4) is 0 Å². The second-order valence-electron chi connectivity index (χ2n) is 8.23. The molecule has 0 aromatic carbocycles. The average molecular weight is 324 g/mol. The molecular formula is C21H41NO. The van der Waals surface area contributed by atoms with Gasteiger partial charge in [0.25, 0.3) is 0 Å². The third kappa shape index (κ3) is 6.12. The highest BCUT2D eigenvalue weighted by atomic mass is 16.1. The molecule has 0 heterocycles. The molecule has 2 fully saturated rings. The Morgan fingerprint density at radius 2 is 1.70 bits per heavy atom. The Balaban J connectivity index is 0.00000127. The lowest BCUT2D eigenvalue weighted by atomic mass is 9.65. The third-order valence-corrected chi connectivity index (χ3v) is 6.29. The molecule has 4 unspecified atom stereocenters. The number of amides is 1. The van der Waals surface area contributed by atoms with Gasteiger partial charge in [-0.3, -0.25) is 4.79 Å². The number of hydrogen-bond acceptors (Lipinski definition) is 1. The fourth-order valence-corrected chi connectivity index (χ4v) is 4.87. The topological polar surface area (TPSA) is 29.1 Å². The molecule has 4 atom stereocenters. The smallest absolute Gasteiger partial charge is 0.220 e. The van der Waals surface area contributed by atoms with Gasteiger partial charge in [-0.2, -0.15) is 0 Å². The van der Waals surface area contributed by atoms with Crippen molar-refractivity contribution in [2.45, 2.75) is 105 Å². The van der Waals surface area contributed by atoms with Crippen molar-refractivity contribution in [1.82, 2.24) is 5.32 Å². The lowest BCUT2D eigenvalue weighted by Crippen LogP contribution is -2.52. The largest absolute Gasteiger partial charge is 0.351 e. The zero-order chi connectivity index (χ0) is 17.5. The minimum Gasteiger partial charge on any atom is -0.351 e. The Morgan fingerprint density at radius 3 is 2.26 bits per heavy atom. The fraction of sp³-hybridized carbons (Fsp3) is 0.952. The molecule has 2 heteroatoms. The highest BCUT2D eigenvalue weighted by Crippen LogP contribution is 2.41. The van der Waals surface area contributed by atoms with Crippen LogP contribution >= 0.6 is 0 Å². The summed E-state index contributed by atoms with van der Waals surface area (Å²) >= 11 is 0. The molecule has 23 heavy (non-hydrogen) atoms. The van der Waals surface area contributed by atoms with Gasteiger partial charge in [0.2, 0.25) is 5.91 Å². The fourth-order valence-electron chi connectivity index (χ4n) is 4.87. The van der Waals surface area contributed by atoms with Crippen LogP contribution in [0.15, 0.2) is 0 Å². The van der Waals surface area contributed by atoms with Gasteiger partial charge in [-0.05, 0) is 56.3 Å². The van der Waals surface area contributed by atoms with Crippen molar-refractivity contribution in [1.29, 1.82) is 0 Å². The van der Waals surface area contributed by atoms with Gasteiger partial charge in [0.1, 0.15) is 0 Å². The maximum Gasteiger partial charge on any atom is 0.220 e. The van der Waals surface area contributed by atoms with Crippen molar-refractivity contribution in [2.24, 2.45) is 23.7 Å². The number of carbonyl (C=O) groups is 1. The summed E-state index contributed by atoms with van der Waals surface area (Å²) in [6.07, 6.45) is 10.8. The van der Waals surface area contributed by atoms with Crippen molar-refractivity contribution < 1.29 is 4.79 Å². The molecular weight excluding hydrogens is 282 g/mol. The summed E-state index contributed by atoms with van der Waals surface area (Å²) in [7, 11) is 0. The van der Waals surface area contributed by atoms with Crippen LogP contribution < -0.4 is 5.32 Å². The second kappa shape index (κ2) is 9.69. The summed E-state index contributed by atoms with van der Waals surface area (Å²) in [5, 5.41) is 3.42. The molecule has 0 spiro atoms. The first-order chi connectivity index (χ1) is 10.9. The summed E-state index contributed by atoms with van der Waals surface area (Å²) in [5.74, 6) is 3.21. The summed E-state index contributed by atoms with van der Waals surface area (Å²) in [5.41, 5.74) is 0.0261. The average Bonchev–Trinajstić information content (AvgIpc) is 2.53. The minimum absolute atomic E-state index is 0.0261. The lowest BCUT2D eigenvalue weighted by molar-refractivity contribution is -0.125. The van der Waals surface area contributed by atoms with Crippen molar-refractivity contribution in [3.8, 4) is 0 Å². The van der Waals surface area contributed by atoms with Gasteiger partial charge in [0, 0.05) is 12.0 Å². The van der Waals surface area contributed by atoms with E-state index < -0.39 is 0 Å². The highest BCUT2D eigenvalue weighted by Gasteiger charge is 2.40. The molecule has 136 valence electrons. The molecule has 0 saturated heterocycles. The van der Waals surface area contributed by atoms with Gasteiger partial charge in [-0.15, -0.1) is 0 Å². The number of carbonyl (C=O) groups excluding carboxylic acids is 1. The summed E-state index contributed by atoms with van der Waals surface area (Å²) < 4.78 is 0. The van der Waals surface area contributed by atoms with Crippen molar-refractivity contribution in [3.63, 3.8) is 0 Å². The van der Waals surface area contributed by atoms with Gasteiger partial charge in [-0.25, -0.2) is 0 Å². The van der Waals surface area contributed by atoms with Crippen LogP contribution in [0.1, 0.15) is 99.3 Å². The van der Waals surface area contributed by atoms with E-state index in [0.29, 0.717) is 17.7 Å². The Morgan fingerprint density at radius 1 is 1.09 bits per heavy atom. The van der Waals surface area contributed by atoms with Crippen LogP contribution in [0.4, 0.5) is 0 Å². The van der Waals surface area contributed by atoms with E-state index in [0.717, 1.165) is 31.1 Å².